The van der Waals surface area contributed by atoms with E-state index < -0.39 is 0 Å². The van der Waals surface area contributed by atoms with E-state index >= 15 is 0 Å². The first-order chi connectivity index (χ1) is 27.8. The van der Waals surface area contributed by atoms with E-state index in [1.54, 1.807) is 5.57 Å². The lowest BCUT2D eigenvalue weighted by atomic mass is 9.78. The van der Waals surface area contributed by atoms with Gasteiger partial charge in [-0.1, -0.05) is 136 Å². The summed E-state index contributed by atoms with van der Waals surface area (Å²) >= 11 is 0. The van der Waals surface area contributed by atoms with Gasteiger partial charge in [0.15, 0.2) is 0 Å². The molecule has 0 saturated heterocycles. The molecule has 0 atom stereocenters. The maximum Gasteiger partial charge on any atom is 0.144 e. The van der Waals surface area contributed by atoms with Gasteiger partial charge < -0.3 is 13.7 Å². The van der Waals surface area contributed by atoms with E-state index in [-0.39, 0.29) is 10.8 Å². The summed E-state index contributed by atoms with van der Waals surface area (Å²) in [6.45, 7) is 9.54. The van der Waals surface area contributed by atoms with Gasteiger partial charge in [0.05, 0.1) is 11.1 Å². The van der Waals surface area contributed by atoms with Gasteiger partial charge >= 0.3 is 0 Å². The van der Waals surface area contributed by atoms with Crippen LogP contribution in [0.5, 0.6) is 0 Å². The van der Waals surface area contributed by atoms with Crippen molar-refractivity contribution in [1.82, 2.24) is 0 Å². The highest BCUT2D eigenvalue weighted by Crippen LogP contribution is 2.55. The molecule has 0 radical (unpaired) electrons. The van der Waals surface area contributed by atoms with Gasteiger partial charge in [-0.3, -0.25) is 0 Å². The van der Waals surface area contributed by atoms with Gasteiger partial charge in [0.2, 0.25) is 0 Å². The zero-order valence-electron chi connectivity index (χ0n) is 32.6. The van der Waals surface area contributed by atoms with Gasteiger partial charge in [-0.05, 0) is 106 Å². The van der Waals surface area contributed by atoms with E-state index in [1.165, 1.54) is 39.0 Å². The van der Waals surface area contributed by atoms with Crippen LogP contribution in [0.1, 0.15) is 62.8 Å². The Morgan fingerprint density at radius 3 is 2.07 bits per heavy atom. The number of benzene rings is 7. The SMILES string of the molecule is CC1(C)C2=C(C=CCC2)c2ccc(N(c3ccc4c(c3)C(C)(C)c3ccccc3-4)c3cccc4oc5c(-c6ccccc6)c6c(cc5c34)oc3ccccc36)cc21. The maximum atomic E-state index is 7.07. The fraction of sp³-hybridized carbons (Fsp3) is 0.148. The van der Waals surface area contributed by atoms with Gasteiger partial charge in [0, 0.05) is 43.9 Å². The molecule has 274 valence electrons. The first-order valence-corrected chi connectivity index (χ1v) is 20.2. The van der Waals surface area contributed by atoms with E-state index in [9.17, 15) is 0 Å². The van der Waals surface area contributed by atoms with E-state index in [1.807, 2.05) is 6.07 Å². The van der Waals surface area contributed by atoms with Gasteiger partial charge in [-0.2, -0.15) is 0 Å². The molecule has 7 aromatic carbocycles. The highest BCUT2D eigenvalue weighted by molar-refractivity contribution is 6.25. The van der Waals surface area contributed by atoms with Gasteiger partial charge in [-0.15, -0.1) is 0 Å². The zero-order valence-corrected chi connectivity index (χ0v) is 32.6. The average Bonchev–Trinajstić information content (AvgIpc) is 3.93. The molecule has 0 fully saturated rings. The summed E-state index contributed by atoms with van der Waals surface area (Å²) < 4.78 is 13.7. The molecule has 3 aliphatic rings. The zero-order chi connectivity index (χ0) is 38.2. The molecule has 0 unspecified atom stereocenters. The van der Waals surface area contributed by atoms with Gasteiger partial charge in [0.25, 0.3) is 0 Å². The number of fused-ring (bicyclic) bond motifs is 11. The summed E-state index contributed by atoms with van der Waals surface area (Å²) in [6, 6.07) is 50.8. The van der Waals surface area contributed by atoms with Crippen molar-refractivity contribution in [3.05, 3.63) is 180 Å². The number of furan rings is 2. The smallest absolute Gasteiger partial charge is 0.144 e. The predicted molar refractivity (Wildman–Crippen MR) is 237 cm³/mol. The van der Waals surface area contributed by atoms with Crippen LogP contribution in [-0.4, -0.2) is 0 Å². The van der Waals surface area contributed by atoms with Gasteiger partial charge in [-0.25, -0.2) is 0 Å². The number of para-hydroxylation sites is 1. The molecule has 2 aromatic heterocycles. The highest BCUT2D eigenvalue weighted by atomic mass is 16.3. The Morgan fingerprint density at radius 2 is 1.23 bits per heavy atom. The Labute approximate surface area is 332 Å². The van der Waals surface area contributed by atoms with Crippen molar-refractivity contribution < 1.29 is 8.83 Å². The minimum absolute atomic E-state index is 0.0650. The van der Waals surface area contributed by atoms with Crippen LogP contribution in [0.15, 0.2) is 166 Å². The molecule has 0 N–H and O–H groups in total. The number of hydrogen-bond acceptors (Lipinski definition) is 3. The highest BCUT2D eigenvalue weighted by Gasteiger charge is 2.39. The third-order valence-corrected chi connectivity index (χ3v) is 13.4. The molecule has 3 heteroatoms. The summed E-state index contributed by atoms with van der Waals surface area (Å²) in [4.78, 5) is 2.48. The molecule has 0 saturated carbocycles. The largest absolute Gasteiger partial charge is 0.456 e. The second-order valence-corrected chi connectivity index (χ2v) is 17.1. The second kappa shape index (κ2) is 11.5. The molecule has 57 heavy (non-hydrogen) atoms. The standard InChI is InChI=1S/C54H41NO2/c1-53(2)41-20-11-8-17-35(41)37-27-25-33(29-43(37)53)55(34-26-28-38-36-18-9-12-21-42(36)54(3,4)44(38)30-34)45-22-14-24-47-50(45)40-31-48-51(39-19-10-13-23-46(39)56-48)49(52(40)57-47)32-15-6-5-7-16-32/h5-11,13-20,22-31H,12,21H2,1-4H3. The fourth-order valence-corrected chi connectivity index (χ4v) is 10.6. The molecule has 12 rings (SSSR count). The fourth-order valence-electron chi connectivity index (χ4n) is 10.6. The summed E-state index contributed by atoms with van der Waals surface area (Å²) in [6.07, 6.45) is 6.89. The van der Waals surface area contributed by atoms with E-state index in [0.717, 1.165) is 84.9 Å². The van der Waals surface area contributed by atoms with E-state index in [4.69, 9.17) is 8.83 Å². The van der Waals surface area contributed by atoms with E-state index in [0.29, 0.717) is 0 Å². The van der Waals surface area contributed by atoms with Crippen molar-refractivity contribution in [3.63, 3.8) is 0 Å². The van der Waals surface area contributed by atoms with Crippen molar-refractivity contribution in [2.24, 2.45) is 0 Å². The van der Waals surface area contributed by atoms with Crippen LogP contribution in [0.25, 0.3) is 71.7 Å². The minimum Gasteiger partial charge on any atom is -0.456 e. The van der Waals surface area contributed by atoms with Gasteiger partial charge in [0.1, 0.15) is 22.3 Å². The topological polar surface area (TPSA) is 29.5 Å². The number of nitrogens with zero attached hydrogens (tertiary/aromatic N) is 1. The van der Waals surface area contributed by atoms with E-state index in [2.05, 4.69) is 178 Å². The van der Waals surface area contributed by atoms with Crippen molar-refractivity contribution in [3.8, 4) is 22.3 Å². The lowest BCUT2D eigenvalue weighted by Gasteiger charge is -2.30. The Bertz CT molecular complexity index is 3240. The Kier molecular flexibility index (Phi) is 6.58. The molecule has 0 aliphatic heterocycles. The normalized spacial score (nSPS) is 16.1. The maximum absolute atomic E-state index is 7.07. The molecular weight excluding hydrogens is 695 g/mol. The molecule has 9 aromatic rings. The summed E-state index contributed by atoms with van der Waals surface area (Å²) in [5.41, 5.74) is 19.8. The predicted octanol–water partition coefficient (Wildman–Crippen LogP) is 15.3. The first-order valence-electron chi connectivity index (χ1n) is 20.2. The molecule has 3 nitrogen and oxygen atoms in total. The third kappa shape index (κ3) is 4.43. The quantitative estimate of drug-likeness (QED) is 0.180. The first kappa shape index (κ1) is 32.6. The molecule has 0 bridgehead atoms. The van der Waals surface area contributed by atoms with Crippen molar-refractivity contribution in [1.29, 1.82) is 0 Å². The van der Waals surface area contributed by atoms with Crippen molar-refractivity contribution in [2.75, 3.05) is 4.90 Å². The molecular formula is C54H41NO2. The number of anilines is 3. The number of rotatable bonds is 4. The monoisotopic (exact) mass is 735 g/mol. The lowest BCUT2D eigenvalue weighted by molar-refractivity contribution is 0.607. The molecule has 0 spiro atoms. The minimum atomic E-state index is -0.144. The van der Waals surface area contributed by atoms with Crippen LogP contribution >= 0.6 is 0 Å². The van der Waals surface area contributed by atoms with Crippen molar-refractivity contribution in [2.45, 2.75) is 51.4 Å². The third-order valence-electron chi connectivity index (χ3n) is 13.4. The number of allylic oxidation sites excluding steroid dienone is 4. The number of hydrogen-bond donors (Lipinski definition) is 0. The summed E-state index contributed by atoms with van der Waals surface area (Å²) in [5, 5.41) is 4.27. The Morgan fingerprint density at radius 1 is 0.526 bits per heavy atom. The van der Waals surface area contributed by atoms with Crippen LogP contribution in [0.2, 0.25) is 0 Å². The van der Waals surface area contributed by atoms with Crippen LogP contribution < -0.4 is 4.90 Å². The second-order valence-electron chi connectivity index (χ2n) is 17.1. The van der Waals surface area contributed by atoms with Crippen LogP contribution in [0, 0.1) is 0 Å². The van der Waals surface area contributed by atoms with Crippen LogP contribution in [-0.2, 0) is 10.8 Å². The average molecular weight is 736 g/mol. The lowest BCUT2D eigenvalue weighted by Crippen LogP contribution is -2.19. The Balaban J connectivity index is 1.16. The van der Waals surface area contributed by atoms with Crippen molar-refractivity contribution >= 4 is 66.5 Å². The van der Waals surface area contributed by atoms with Crippen LogP contribution in [0.3, 0.4) is 0 Å². The molecule has 2 heterocycles. The molecule has 3 aliphatic carbocycles. The van der Waals surface area contributed by atoms with Crippen LogP contribution in [0.4, 0.5) is 17.1 Å². The summed E-state index contributed by atoms with van der Waals surface area (Å²) in [7, 11) is 0. The summed E-state index contributed by atoms with van der Waals surface area (Å²) in [5.74, 6) is 0. The Hall–Kier alpha value is -6.58. The molecule has 0 amide bonds.